The summed E-state index contributed by atoms with van der Waals surface area (Å²) < 4.78 is 7.73. The van der Waals surface area contributed by atoms with E-state index in [1.54, 1.807) is 6.26 Å². The number of aromatic nitrogens is 5. The summed E-state index contributed by atoms with van der Waals surface area (Å²) in [5, 5.41) is 14.0. The molecule has 0 spiro atoms. The van der Waals surface area contributed by atoms with E-state index in [2.05, 4.69) is 51.4 Å². The van der Waals surface area contributed by atoms with Gasteiger partial charge < -0.3 is 9.40 Å². The summed E-state index contributed by atoms with van der Waals surface area (Å²) >= 11 is 0. The number of hydrogen-bond donors (Lipinski definition) is 1. The number of benzene rings is 1. The standard InChI is InChI=1S/C26H32N6O2/c1-17(2)24(25-28-29-30-32(25)21-7-4-5-8-21)31(16-22-9-6-12-34-22)15-20-14-19-11-10-18(3)13-23(19)27-26(20)33/h6,9-14,17,21,24H,4-5,7-8,15-16H2,1-3H3,(H,27,33)/t24-/m0/s1. The highest BCUT2D eigenvalue weighted by Crippen LogP contribution is 2.35. The van der Waals surface area contributed by atoms with E-state index in [0.717, 1.165) is 40.9 Å². The third kappa shape index (κ3) is 4.55. The Balaban J connectivity index is 1.55. The summed E-state index contributed by atoms with van der Waals surface area (Å²) in [6.07, 6.45) is 6.30. The number of hydrogen-bond acceptors (Lipinski definition) is 6. The molecule has 0 radical (unpaired) electrons. The number of fused-ring (bicyclic) bond motifs is 1. The largest absolute Gasteiger partial charge is 0.468 e. The lowest BCUT2D eigenvalue weighted by molar-refractivity contribution is 0.114. The molecule has 178 valence electrons. The zero-order valence-corrected chi connectivity index (χ0v) is 20.1. The molecule has 1 aromatic carbocycles. The lowest BCUT2D eigenvalue weighted by atomic mass is 9.99. The third-order valence-corrected chi connectivity index (χ3v) is 6.87. The molecule has 8 heteroatoms. The van der Waals surface area contributed by atoms with Crippen molar-refractivity contribution < 1.29 is 4.42 Å². The summed E-state index contributed by atoms with van der Waals surface area (Å²) in [7, 11) is 0. The van der Waals surface area contributed by atoms with Crippen LogP contribution in [0.25, 0.3) is 10.9 Å². The highest BCUT2D eigenvalue weighted by atomic mass is 16.3. The van der Waals surface area contributed by atoms with Crippen molar-refractivity contribution in [1.29, 1.82) is 0 Å². The van der Waals surface area contributed by atoms with Crippen LogP contribution in [0.1, 0.15) is 74.3 Å². The van der Waals surface area contributed by atoms with Gasteiger partial charge in [0.2, 0.25) is 0 Å². The molecule has 34 heavy (non-hydrogen) atoms. The fraction of sp³-hybridized carbons (Fsp3) is 0.462. The Hall–Kier alpha value is -3.26. The van der Waals surface area contributed by atoms with Gasteiger partial charge in [-0.05, 0) is 71.3 Å². The van der Waals surface area contributed by atoms with Crippen LogP contribution in [0, 0.1) is 12.8 Å². The first kappa shape index (κ1) is 22.5. The average Bonchev–Trinajstić information content (AvgIpc) is 3.57. The van der Waals surface area contributed by atoms with Gasteiger partial charge in [-0.3, -0.25) is 9.69 Å². The highest BCUT2D eigenvalue weighted by Gasteiger charge is 2.33. The second kappa shape index (κ2) is 9.54. The van der Waals surface area contributed by atoms with Gasteiger partial charge in [0, 0.05) is 17.6 Å². The van der Waals surface area contributed by atoms with Crippen molar-refractivity contribution in [2.75, 3.05) is 0 Å². The minimum Gasteiger partial charge on any atom is -0.468 e. The molecule has 4 aromatic rings. The Morgan fingerprint density at radius 3 is 2.74 bits per heavy atom. The average molecular weight is 461 g/mol. The number of tetrazole rings is 1. The first-order chi connectivity index (χ1) is 16.5. The van der Waals surface area contributed by atoms with Crippen LogP contribution in [0.15, 0.2) is 51.9 Å². The van der Waals surface area contributed by atoms with Crippen LogP contribution < -0.4 is 5.56 Å². The lowest BCUT2D eigenvalue weighted by Gasteiger charge is -2.33. The molecule has 5 rings (SSSR count). The quantitative estimate of drug-likeness (QED) is 0.401. The minimum absolute atomic E-state index is 0.0690. The van der Waals surface area contributed by atoms with Gasteiger partial charge in [0.25, 0.3) is 5.56 Å². The second-order valence-electron chi connectivity index (χ2n) is 9.81. The molecular weight excluding hydrogens is 428 g/mol. The molecule has 0 saturated heterocycles. The molecule has 0 amide bonds. The van der Waals surface area contributed by atoms with Crippen molar-refractivity contribution in [3.63, 3.8) is 0 Å². The fourth-order valence-electron chi connectivity index (χ4n) is 5.24. The molecule has 3 aromatic heterocycles. The highest BCUT2D eigenvalue weighted by molar-refractivity contribution is 5.79. The Morgan fingerprint density at radius 1 is 1.18 bits per heavy atom. The number of aryl methyl sites for hydroxylation is 1. The number of nitrogens with one attached hydrogen (secondary N) is 1. The maximum absolute atomic E-state index is 13.1. The van der Waals surface area contributed by atoms with Gasteiger partial charge in [0.15, 0.2) is 5.82 Å². The summed E-state index contributed by atoms with van der Waals surface area (Å²) in [5.41, 5.74) is 2.62. The van der Waals surface area contributed by atoms with Crippen LogP contribution in [0.3, 0.4) is 0 Å². The van der Waals surface area contributed by atoms with Crippen molar-refractivity contribution >= 4 is 10.9 Å². The maximum atomic E-state index is 13.1. The monoisotopic (exact) mass is 460 g/mol. The van der Waals surface area contributed by atoms with Gasteiger partial charge in [-0.15, -0.1) is 5.10 Å². The summed E-state index contributed by atoms with van der Waals surface area (Å²) in [6, 6.07) is 12.3. The molecule has 0 bridgehead atoms. The third-order valence-electron chi connectivity index (χ3n) is 6.87. The van der Waals surface area contributed by atoms with E-state index in [0.29, 0.717) is 24.7 Å². The van der Waals surface area contributed by atoms with Gasteiger partial charge in [-0.1, -0.05) is 38.8 Å². The zero-order valence-electron chi connectivity index (χ0n) is 20.1. The number of rotatable bonds is 8. The van der Waals surface area contributed by atoms with Crippen LogP contribution in [0.2, 0.25) is 0 Å². The van der Waals surface area contributed by atoms with Crippen LogP contribution in [-0.4, -0.2) is 30.1 Å². The van der Waals surface area contributed by atoms with Gasteiger partial charge in [0.1, 0.15) is 5.76 Å². The van der Waals surface area contributed by atoms with Gasteiger partial charge in [0.05, 0.1) is 24.9 Å². The molecule has 1 N–H and O–H groups in total. The fourth-order valence-corrected chi connectivity index (χ4v) is 5.24. The van der Waals surface area contributed by atoms with Gasteiger partial charge in [-0.25, -0.2) is 4.68 Å². The first-order valence-electron chi connectivity index (χ1n) is 12.2. The first-order valence-corrected chi connectivity index (χ1v) is 12.2. The van der Waals surface area contributed by atoms with E-state index in [1.165, 1.54) is 12.8 Å². The Morgan fingerprint density at radius 2 is 2.00 bits per heavy atom. The second-order valence-corrected chi connectivity index (χ2v) is 9.81. The molecule has 1 atom stereocenters. The van der Waals surface area contributed by atoms with E-state index in [1.807, 2.05) is 35.9 Å². The topological polar surface area (TPSA) is 92.8 Å². The van der Waals surface area contributed by atoms with Gasteiger partial charge in [-0.2, -0.15) is 0 Å². The number of H-pyrrole nitrogens is 1. The number of pyridine rings is 1. The predicted octanol–water partition coefficient (Wildman–Crippen LogP) is 4.93. The molecule has 1 fully saturated rings. The lowest BCUT2D eigenvalue weighted by Crippen LogP contribution is -2.35. The molecule has 1 aliphatic rings. The van der Waals surface area contributed by atoms with Crippen molar-refractivity contribution in [2.45, 2.75) is 71.6 Å². The molecule has 3 heterocycles. The van der Waals surface area contributed by atoms with Crippen LogP contribution in [-0.2, 0) is 13.1 Å². The van der Waals surface area contributed by atoms with E-state index >= 15 is 0 Å². The predicted molar refractivity (Wildman–Crippen MR) is 130 cm³/mol. The van der Waals surface area contributed by atoms with Crippen molar-refractivity contribution in [1.82, 2.24) is 30.1 Å². The van der Waals surface area contributed by atoms with Crippen molar-refractivity contribution in [3.05, 3.63) is 75.7 Å². The Labute approximate surface area is 199 Å². The maximum Gasteiger partial charge on any atom is 0.252 e. The number of nitrogens with zero attached hydrogens (tertiary/aromatic N) is 5. The molecule has 8 nitrogen and oxygen atoms in total. The smallest absolute Gasteiger partial charge is 0.252 e. The van der Waals surface area contributed by atoms with Crippen molar-refractivity contribution in [3.8, 4) is 0 Å². The molecular formula is C26H32N6O2. The SMILES string of the molecule is Cc1ccc2cc(CN(Cc3ccco3)[C@H](c3nnnn3C3CCCC3)C(C)C)c(=O)[nH]c2c1. The number of furan rings is 1. The normalized spacial score (nSPS) is 15.7. The zero-order chi connectivity index (χ0) is 23.7. The van der Waals surface area contributed by atoms with Crippen LogP contribution in [0.5, 0.6) is 0 Å². The molecule has 0 aliphatic heterocycles. The van der Waals surface area contributed by atoms with Crippen molar-refractivity contribution in [2.24, 2.45) is 5.92 Å². The summed E-state index contributed by atoms with van der Waals surface area (Å²) in [5.74, 6) is 1.93. The summed E-state index contributed by atoms with van der Waals surface area (Å²) in [6.45, 7) is 7.40. The molecule has 0 unspecified atom stereocenters. The minimum atomic E-state index is -0.0752. The van der Waals surface area contributed by atoms with E-state index < -0.39 is 0 Å². The molecule has 1 aliphatic carbocycles. The number of aromatic amines is 1. The summed E-state index contributed by atoms with van der Waals surface area (Å²) in [4.78, 5) is 18.4. The van der Waals surface area contributed by atoms with E-state index in [9.17, 15) is 4.79 Å². The Bertz CT molecular complexity index is 1300. The van der Waals surface area contributed by atoms with E-state index in [4.69, 9.17) is 4.42 Å². The van der Waals surface area contributed by atoms with Crippen LogP contribution in [0.4, 0.5) is 0 Å². The Kier molecular flexibility index (Phi) is 6.32. The van der Waals surface area contributed by atoms with E-state index in [-0.39, 0.29) is 17.5 Å². The van der Waals surface area contributed by atoms with Crippen LogP contribution >= 0.6 is 0 Å². The molecule has 1 saturated carbocycles. The van der Waals surface area contributed by atoms with Gasteiger partial charge >= 0.3 is 0 Å².